The molecule has 0 aliphatic heterocycles. The number of hydrogen-bond acceptors (Lipinski definition) is 5. The van der Waals surface area contributed by atoms with Gasteiger partial charge in [0.25, 0.3) is 0 Å². The van der Waals surface area contributed by atoms with Crippen LogP contribution in [0.3, 0.4) is 0 Å². The maximum Gasteiger partial charge on any atom is 0.176 e. The lowest BCUT2D eigenvalue weighted by Crippen LogP contribution is -2.65. The van der Waals surface area contributed by atoms with Crippen molar-refractivity contribution in [3.8, 4) is 6.07 Å². The first-order chi connectivity index (χ1) is 17.7. The molecule has 4 N–H and O–H groups in total. The minimum Gasteiger partial charge on any atom is -0.385 e. The Morgan fingerprint density at radius 1 is 1.03 bits per heavy atom. The number of carbonyl (C=O) groups is 1. The molecule has 9 unspecified atom stereocenters. The Morgan fingerprint density at radius 2 is 1.71 bits per heavy atom. The van der Waals surface area contributed by atoms with Crippen LogP contribution in [0.15, 0.2) is 16.8 Å². The molecule has 0 aromatic heterocycles. The molecule has 0 aromatic rings. The molecular weight excluding hydrogens is 470 g/mol. The second-order valence-corrected chi connectivity index (χ2v) is 15.8. The summed E-state index contributed by atoms with van der Waals surface area (Å²) in [4.78, 5) is 13.0. The minimum atomic E-state index is -0.0882. The van der Waals surface area contributed by atoms with Crippen LogP contribution >= 0.6 is 0 Å². The number of nitriles is 1. The van der Waals surface area contributed by atoms with Gasteiger partial charge in [-0.2, -0.15) is 5.26 Å². The summed E-state index contributed by atoms with van der Waals surface area (Å²) in [5.74, 6) is 9.51. The average molecular weight is 520 g/mol. The Kier molecular flexibility index (Phi) is 5.61. The van der Waals surface area contributed by atoms with E-state index in [1.54, 1.807) is 7.05 Å². The number of hydrazone groups is 1. The fourth-order valence-electron chi connectivity index (χ4n) is 11.6. The highest BCUT2D eigenvalue weighted by molar-refractivity contribution is 6.01. The standard InChI is InChI=1S/C32H49N5O/c1-19-21-7-9-29(4)22-8-10-32(27(34)36-37(6)35)14-11-28(2,3)16-23(32)25(22)31(12-13-31)17-24(29)30(21,5)15-20(18-33)26(19)38/h15,19,21-25H,7-14,16-17,35H2,1-6H3,(H2,34,36). The van der Waals surface area contributed by atoms with E-state index in [9.17, 15) is 10.1 Å². The number of ketones is 1. The number of hydrazine groups is 1. The van der Waals surface area contributed by atoms with Gasteiger partial charge < -0.3 is 5.73 Å². The van der Waals surface area contributed by atoms with Crippen molar-refractivity contribution in [2.24, 2.45) is 79.3 Å². The van der Waals surface area contributed by atoms with E-state index in [0.717, 1.165) is 25.1 Å². The lowest BCUT2D eigenvalue weighted by atomic mass is 9.34. The number of rotatable bonds is 2. The summed E-state index contributed by atoms with van der Waals surface area (Å²) < 4.78 is 0. The van der Waals surface area contributed by atoms with Gasteiger partial charge in [-0.15, -0.1) is 5.10 Å². The van der Waals surface area contributed by atoms with E-state index in [-0.39, 0.29) is 27.9 Å². The van der Waals surface area contributed by atoms with E-state index in [2.05, 4.69) is 51.9 Å². The number of hydrogen-bond donors (Lipinski definition) is 2. The van der Waals surface area contributed by atoms with Crippen molar-refractivity contribution in [2.75, 3.05) is 7.05 Å². The highest BCUT2D eigenvalue weighted by atomic mass is 16.1. The number of carbonyl (C=O) groups excluding carboxylic acids is 1. The predicted octanol–water partition coefficient (Wildman–Crippen LogP) is 5.79. The fraction of sp³-hybridized carbons (Fsp3) is 0.844. The summed E-state index contributed by atoms with van der Waals surface area (Å²) in [5, 5.41) is 16.0. The molecule has 6 aliphatic carbocycles. The van der Waals surface area contributed by atoms with Crippen LogP contribution in [0.4, 0.5) is 0 Å². The lowest BCUT2D eigenvalue weighted by Gasteiger charge is -2.70. The molecule has 0 radical (unpaired) electrons. The summed E-state index contributed by atoms with van der Waals surface area (Å²) in [6.07, 6.45) is 14.1. The van der Waals surface area contributed by atoms with Crippen LogP contribution < -0.4 is 11.6 Å². The van der Waals surface area contributed by atoms with E-state index in [0.29, 0.717) is 46.0 Å². The van der Waals surface area contributed by atoms with Gasteiger partial charge in [-0.25, -0.2) is 11.0 Å². The molecule has 5 saturated carbocycles. The van der Waals surface area contributed by atoms with Crippen LogP contribution in [-0.4, -0.2) is 23.8 Å². The van der Waals surface area contributed by atoms with E-state index >= 15 is 0 Å². The van der Waals surface area contributed by atoms with Crippen LogP contribution in [0.25, 0.3) is 0 Å². The zero-order chi connectivity index (χ0) is 27.5. The third-order valence-corrected chi connectivity index (χ3v) is 13.5. The molecule has 208 valence electrons. The highest BCUT2D eigenvalue weighted by Crippen LogP contribution is 2.79. The minimum absolute atomic E-state index is 0.0517. The average Bonchev–Trinajstić information content (AvgIpc) is 3.62. The molecule has 0 heterocycles. The molecule has 5 fully saturated rings. The van der Waals surface area contributed by atoms with Gasteiger partial charge in [0, 0.05) is 18.4 Å². The summed E-state index contributed by atoms with van der Waals surface area (Å²) in [6.45, 7) is 12.0. The fourth-order valence-corrected chi connectivity index (χ4v) is 11.6. The topological polar surface area (TPSA) is 108 Å². The van der Waals surface area contributed by atoms with Crippen LogP contribution in [-0.2, 0) is 4.79 Å². The Hall–Kier alpha value is -1.87. The molecule has 6 heteroatoms. The summed E-state index contributed by atoms with van der Waals surface area (Å²) in [7, 11) is 1.78. The van der Waals surface area contributed by atoms with Gasteiger partial charge in [-0.05, 0) is 115 Å². The van der Waals surface area contributed by atoms with Crippen LogP contribution in [0, 0.1) is 73.9 Å². The van der Waals surface area contributed by atoms with Crippen molar-refractivity contribution in [3.63, 3.8) is 0 Å². The number of fused-ring (bicyclic) bond motifs is 8. The molecule has 0 aromatic carbocycles. The second kappa shape index (κ2) is 8.09. The molecule has 6 rings (SSSR count). The van der Waals surface area contributed by atoms with Crippen molar-refractivity contribution in [3.05, 3.63) is 11.6 Å². The summed E-state index contributed by atoms with van der Waals surface area (Å²) in [5.41, 5.74) is 8.07. The number of amidine groups is 1. The second-order valence-electron chi connectivity index (χ2n) is 15.8. The first kappa shape index (κ1) is 26.4. The molecule has 38 heavy (non-hydrogen) atoms. The summed E-state index contributed by atoms with van der Waals surface area (Å²) >= 11 is 0. The molecule has 0 saturated heterocycles. The number of Topliss-reactive ketones (excluding diaryl/α,β-unsaturated/α-hetero) is 1. The van der Waals surface area contributed by atoms with Crippen molar-refractivity contribution in [1.82, 2.24) is 5.12 Å². The van der Waals surface area contributed by atoms with E-state index < -0.39 is 0 Å². The van der Waals surface area contributed by atoms with E-state index in [1.165, 1.54) is 50.1 Å². The van der Waals surface area contributed by atoms with Crippen molar-refractivity contribution < 1.29 is 4.79 Å². The maximum atomic E-state index is 13.0. The lowest BCUT2D eigenvalue weighted by molar-refractivity contribution is -0.196. The van der Waals surface area contributed by atoms with Crippen LogP contribution in [0.1, 0.15) is 98.8 Å². The van der Waals surface area contributed by atoms with Crippen molar-refractivity contribution >= 4 is 11.6 Å². The van der Waals surface area contributed by atoms with Crippen LogP contribution in [0.2, 0.25) is 0 Å². The molecule has 6 nitrogen and oxygen atoms in total. The predicted molar refractivity (Wildman–Crippen MR) is 150 cm³/mol. The molecule has 0 amide bonds. The van der Waals surface area contributed by atoms with Gasteiger partial charge in [0.05, 0.1) is 5.57 Å². The third kappa shape index (κ3) is 3.39. The van der Waals surface area contributed by atoms with Gasteiger partial charge in [0.1, 0.15) is 11.9 Å². The SMILES string of the molecule is CC1C(=O)C(C#N)=CC2(C)C1CCC1(C)C3CCC4(/C(N)=N/N(C)N)CCC(C)(C)CC4C3C3(CC3)CC21. The Balaban J connectivity index is 1.46. The first-order valence-electron chi connectivity index (χ1n) is 15.2. The number of allylic oxidation sites excluding steroid dienone is 2. The van der Waals surface area contributed by atoms with Gasteiger partial charge in [0.2, 0.25) is 0 Å². The maximum absolute atomic E-state index is 13.0. The van der Waals surface area contributed by atoms with Crippen molar-refractivity contribution in [2.45, 2.75) is 98.8 Å². The van der Waals surface area contributed by atoms with Crippen LogP contribution in [0.5, 0.6) is 0 Å². The zero-order valence-corrected chi connectivity index (χ0v) is 24.5. The van der Waals surface area contributed by atoms with Gasteiger partial charge in [-0.3, -0.25) is 4.79 Å². The quantitative estimate of drug-likeness (QED) is 0.208. The third-order valence-electron chi connectivity index (χ3n) is 13.5. The Bertz CT molecular complexity index is 1140. The van der Waals surface area contributed by atoms with Gasteiger partial charge >= 0.3 is 0 Å². The summed E-state index contributed by atoms with van der Waals surface area (Å²) in [6, 6.07) is 2.29. The molecule has 6 aliphatic rings. The normalized spacial score (nSPS) is 48.5. The van der Waals surface area contributed by atoms with Crippen molar-refractivity contribution in [1.29, 1.82) is 5.26 Å². The van der Waals surface area contributed by atoms with Gasteiger partial charge in [0.15, 0.2) is 5.78 Å². The largest absolute Gasteiger partial charge is 0.385 e. The Morgan fingerprint density at radius 3 is 2.34 bits per heavy atom. The number of nitrogens with two attached hydrogens (primary N) is 2. The van der Waals surface area contributed by atoms with E-state index in [4.69, 9.17) is 11.6 Å². The smallest absolute Gasteiger partial charge is 0.176 e. The van der Waals surface area contributed by atoms with Gasteiger partial charge in [-0.1, -0.05) is 40.7 Å². The highest BCUT2D eigenvalue weighted by Gasteiger charge is 2.72. The molecule has 1 spiro atoms. The Labute approximate surface area is 229 Å². The first-order valence-corrected chi connectivity index (χ1v) is 15.2. The monoisotopic (exact) mass is 519 g/mol. The van der Waals surface area contributed by atoms with E-state index in [1.807, 2.05) is 0 Å². The zero-order valence-electron chi connectivity index (χ0n) is 24.5. The number of nitrogens with zero attached hydrogens (tertiary/aromatic N) is 3. The molecule has 0 bridgehead atoms. The molecular formula is C32H49N5O. The molecule has 9 atom stereocenters.